The molecule has 0 saturated heterocycles. The second-order valence-electron chi connectivity index (χ2n) is 5.16. The van der Waals surface area contributed by atoms with Crippen molar-refractivity contribution in [3.8, 4) is 5.75 Å². The van der Waals surface area contributed by atoms with Gasteiger partial charge in [0.25, 0.3) is 5.91 Å². The van der Waals surface area contributed by atoms with Crippen LogP contribution in [0.4, 0.5) is 10.7 Å². The van der Waals surface area contributed by atoms with Crippen LogP contribution in [-0.4, -0.2) is 15.9 Å². The maximum atomic E-state index is 12.3. The molecule has 120 valence electrons. The first-order chi connectivity index (χ1) is 10.8. The zero-order valence-corrected chi connectivity index (χ0v) is 14.5. The Kier molecular flexibility index (Phi) is 3.77. The van der Waals surface area contributed by atoms with Gasteiger partial charge in [-0.1, -0.05) is 15.9 Å². The van der Waals surface area contributed by atoms with Gasteiger partial charge in [-0.25, -0.2) is 0 Å². The minimum atomic E-state index is -0.747. The number of thiophene rings is 1. The fourth-order valence-corrected chi connectivity index (χ4v) is 4.04. The van der Waals surface area contributed by atoms with Crippen molar-refractivity contribution in [3.05, 3.63) is 48.3 Å². The van der Waals surface area contributed by atoms with Gasteiger partial charge in [-0.15, -0.1) is 11.3 Å². The molecule has 0 spiro atoms. The Labute approximate surface area is 143 Å². The number of phenols is 1. The number of aromatic hydroxyl groups is 1. The zero-order valence-electron chi connectivity index (χ0n) is 12.1. The van der Waals surface area contributed by atoms with Crippen molar-refractivity contribution in [3.63, 3.8) is 0 Å². The van der Waals surface area contributed by atoms with Crippen LogP contribution in [0.2, 0.25) is 0 Å². The van der Waals surface area contributed by atoms with Gasteiger partial charge in [-0.05, 0) is 25.5 Å². The standard InChI is InChI=1S/C14H12BrN3O4S/c1-5-6(2)23-14-10(5)13(20)16-12(17-14)8-3-7(15)4-9(11(8)19)18(21)22/h3-4,12,17,19H,1-2H3,(H,16,20). The number of nitro groups is 1. The summed E-state index contributed by atoms with van der Waals surface area (Å²) in [7, 11) is 0. The maximum Gasteiger partial charge on any atom is 0.312 e. The molecule has 1 aromatic carbocycles. The van der Waals surface area contributed by atoms with Crippen molar-refractivity contribution < 1.29 is 14.8 Å². The molecule has 1 amide bonds. The minimum absolute atomic E-state index is 0.230. The number of phenolic OH excluding ortho intramolecular Hbond substituents is 1. The number of carbonyl (C=O) groups excluding carboxylic acids is 1. The largest absolute Gasteiger partial charge is 0.502 e. The molecule has 2 heterocycles. The Morgan fingerprint density at radius 2 is 2.04 bits per heavy atom. The Hall–Kier alpha value is -2.13. The smallest absolute Gasteiger partial charge is 0.312 e. The lowest BCUT2D eigenvalue weighted by Gasteiger charge is -2.26. The van der Waals surface area contributed by atoms with Crippen LogP contribution >= 0.6 is 27.3 Å². The lowest BCUT2D eigenvalue weighted by Crippen LogP contribution is -2.38. The molecular formula is C14H12BrN3O4S. The summed E-state index contributed by atoms with van der Waals surface area (Å²) < 4.78 is 0.442. The van der Waals surface area contributed by atoms with Crippen molar-refractivity contribution in [2.24, 2.45) is 0 Å². The van der Waals surface area contributed by atoms with E-state index in [1.54, 1.807) is 6.07 Å². The van der Waals surface area contributed by atoms with Crippen LogP contribution in [0, 0.1) is 24.0 Å². The third-order valence-corrected chi connectivity index (χ3v) is 5.35. The minimum Gasteiger partial charge on any atom is -0.502 e. The molecule has 1 aliphatic heterocycles. The normalized spacial score (nSPS) is 16.5. The van der Waals surface area contributed by atoms with Gasteiger partial charge in [0, 0.05) is 21.0 Å². The van der Waals surface area contributed by atoms with Crippen LogP contribution in [0.3, 0.4) is 0 Å². The zero-order chi connectivity index (χ0) is 16.9. The van der Waals surface area contributed by atoms with E-state index >= 15 is 0 Å². The average molecular weight is 398 g/mol. The topological polar surface area (TPSA) is 104 Å². The average Bonchev–Trinajstić information content (AvgIpc) is 2.76. The molecule has 0 bridgehead atoms. The number of rotatable bonds is 2. The Morgan fingerprint density at radius 3 is 2.70 bits per heavy atom. The van der Waals surface area contributed by atoms with Gasteiger partial charge >= 0.3 is 5.69 Å². The van der Waals surface area contributed by atoms with Crippen molar-refractivity contribution in [2.45, 2.75) is 20.0 Å². The molecule has 1 aliphatic rings. The van der Waals surface area contributed by atoms with E-state index in [4.69, 9.17) is 0 Å². The van der Waals surface area contributed by atoms with Gasteiger partial charge in [-0.2, -0.15) is 0 Å². The van der Waals surface area contributed by atoms with Crippen molar-refractivity contribution >= 4 is 43.9 Å². The second-order valence-corrected chi connectivity index (χ2v) is 7.30. The molecule has 0 fully saturated rings. The van der Waals surface area contributed by atoms with E-state index in [1.165, 1.54) is 17.4 Å². The van der Waals surface area contributed by atoms with E-state index < -0.39 is 22.5 Å². The van der Waals surface area contributed by atoms with E-state index in [2.05, 4.69) is 26.6 Å². The summed E-state index contributed by atoms with van der Waals surface area (Å²) in [6, 6.07) is 2.76. The Bertz CT molecular complexity index is 849. The Balaban J connectivity index is 2.08. The van der Waals surface area contributed by atoms with Crippen LogP contribution in [-0.2, 0) is 0 Å². The summed E-state index contributed by atoms with van der Waals surface area (Å²) in [4.78, 5) is 23.7. The van der Waals surface area contributed by atoms with E-state index in [1.807, 2.05) is 13.8 Å². The monoisotopic (exact) mass is 397 g/mol. The van der Waals surface area contributed by atoms with Crippen LogP contribution < -0.4 is 10.6 Å². The molecule has 2 aromatic rings. The number of nitro benzene ring substituents is 1. The molecule has 3 rings (SSSR count). The molecule has 1 unspecified atom stereocenters. The fourth-order valence-electron chi connectivity index (χ4n) is 2.49. The number of fused-ring (bicyclic) bond motifs is 1. The summed E-state index contributed by atoms with van der Waals surface area (Å²) >= 11 is 4.63. The lowest BCUT2D eigenvalue weighted by atomic mass is 10.1. The van der Waals surface area contributed by atoms with E-state index in [-0.39, 0.29) is 11.5 Å². The van der Waals surface area contributed by atoms with Gasteiger partial charge < -0.3 is 15.7 Å². The van der Waals surface area contributed by atoms with Crippen molar-refractivity contribution in [1.82, 2.24) is 5.32 Å². The fraction of sp³-hybridized carbons (Fsp3) is 0.214. The van der Waals surface area contributed by atoms with Gasteiger partial charge in [0.1, 0.15) is 11.2 Å². The number of amides is 1. The number of hydrogen-bond donors (Lipinski definition) is 3. The first kappa shape index (κ1) is 15.8. The summed E-state index contributed by atoms with van der Waals surface area (Å²) in [6.07, 6.45) is -0.747. The molecular weight excluding hydrogens is 386 g/mol. The number of nitrogens with zero attached hydrogens (tertiary/aromatic N) is 1. The third kappa shape index (κ3) is 2.55. The van der Waals surface area contributed by atoms with Crippen LogP contribution in [0.15, 0.2) is 16.6 Å². The lowest BCUT2D eigenvalue weighted by molar-refractivity contribution is -0.386. The number of benzene rings is 1. The maximum absolute atomic E-state index is 12.3. The Morgan fingerprint density at radius 1 is 1.35 bits per heavy atom. The number of halogens is 1. The predicted octanol–water partition coefficient (Wildman–Crippen LogP) is 3.60. The number of carbonyl (C=O) groups is 1. The highest BCUT2D eigenvalue weighted by atomic mass is 79.9. The molecule has 0 aliphatic carbocycles. The molecule has 1 atom stereocenters. The van der Waals surface area contributed by atoms with E-state index in [0.29, 0.717) is 15.0 Å². The van der Waals surface area contributed by atoms with Gasteiger partial charge in [0.15, 0.2) is 0 Å². The first-order valence-corrected chi connectivity index (χ1v) is 8.24. The quantitative estimate of drug-likeness (QED) is 0.530. The summed E-state index contributed by atoms with van der Waals surface area (Å²) in [5, 5.41) is 27.8. The van der Waals surface area contributed by atoms with E-state index in [9.17, 15) is 20.0 Å². The summed E-state index contributed by atoms with van der Waals surface area (Å²) in [5.74, 6) is -0.739. The summed E-state index contributed by atoms with van der Waals surface area (Å²) in [5.41, 5.74) is 1.29. The molecule has 1 aromatic heterocycles. The second kappa shape index (κ2) is 5.50. The number of hydrogen-bond acceptors (Lipinski definition) is 6. The first-order valence-electron chi connectivity index (χ1n) is 6.63. The number of nitrogens with one attached hydrogen (secondary N) is 2. The molecule has 0 radical (unpaired) electrons. The summed E-state index contributed by atoms with van der Waals surface area (Å²) in [6.45, 7) is 3.79. The van der Waals surface area contributed by atoms with Crippen molar-refractivity contribution in [1.29, 1.82) is 0 Å². The van der Waals surface area contributed by atoms with Gasteiger partial charge in [0.2, 0.25) is 5.75 Å². The molecule has 7 nitrogen and oxygen atoms in total. The third-order valence-electron chi connectivity index (χ3n) is 3.75. The highest BCUT2D eigenvalue weighted by molar-refractivity contribution is 9.10. The highest BCUT2D eigenvalue weighted by Gasteiger charge is 2.32. The van der Waals surface area contributed by atoms with Crippen molar-refractivity contribution in [2.75, 3.05) is 5.32 Å². The molecule has 3 N–H and O–H groups in total. The highest BCUT2D eigenvalue weighted by Crippen LogP contribution is 2.41. The number of anilines is 1. The molecule has 23 heavy (non-hydrogen) atoms. The predicted molar refractivity (Wildman–Crippen MR) is 90.1 cm³/mol. The van der Waals surface area contributed by atoms with E-state index in [0.717, 1.165) is 10.4 Å². The SMILES string of the molecule is Cc1sc2c(c1C)C(=O)NC(c1cc(Br)cc([N+](=O)[O-])c1O)N2. The van der Waals surface area contributed by atoms with Gasteiger partial charge in [-0.3, -0.25) is 14.9 Å². The van der Waals surface area contributed by atoms with Crippen LogP contribution in [0.1, 0.15) is 32.5 Å². The van der Waals surface area contributed by atoms with Crippen LogP contribution in [0.5, 0.6) is 5.75 Å². The molecule has 9 heteroatoms. The molecule has 0 saturated carbocycles. The van der Waals surface area contributed by atoms with Gasteiger partial charge in [0.05, 0.1) is 10.5 Å². The number of aryl methyl sites for hydroxylation is 1. The van der Waals surface area contributed by atoms with Crippen LogP contribution in [0.25, 0.3) is 0 Å².